The standard InChI is InChI=1S/C27H40O4/c1-19(10-8-12-21(3)14-16-26(30)27(5,6)31)9-7-11-20(2)13-15-23-18-24(28)22(4)17-25(23)29/h9,12-13,17-18,26,30-31H,7-8,10-11,14-16H2,1-6H3/b19-9+,20-13+,21-12+/t26-/m0/s1. The van der Waals surface area contributed by atoms with E-state index in [1.807, 2.05) is 6.08 Å². The molecule has 0 aromatic heterocycles. The van der Waals surface area contributed by atoms with Crippen molar-refractivity contribution in [3.05, 3.63) is 58.2 Å². The van der Waals surface area contributed by atoms with Crippen LogP contribution >= 0.6 is 0 Å². The van der Waals surface area contributed by atoms with Crippen LogP contribution < -0.4 is 0 Å². The maximum Gasteiger partial charge on any atom is 0.182 e. The summed E-state index contributed by atoms with van der Waals surface area (Å²) in [7, 11) is 0. The SMILES string of the molecule is CC1=CC(=O)C(C/C=C(\C)CC/C=C(\C)CC/C=C(\C)CC[C@H](O)C(C)(C)O)=CC1=O. The third-order valence-electron chi connectivity index (χ3n) is 5.72. The first kappa shape index (κ1) is 27.0. The van der Waals surface area contributed by atoms with Crippen molar-refractivity contribution in [1.82, 2.24) is 0 Å². The van der Waals surface area contributed by atoms with E-state index in [0.29, 0.717) is 24.0 Å². The average molecular weight is 429 g/mol. The van der Waals surface area contributed by atoms with E-state index < -0.39 is 11.7 Å². The predicted octanol–water partition coefficient (Wildman–Crippen LogP) is 5.71. The molecule has 4 heteroatoms. The highest BCUT2D eigenvalue weighted by molar-refractivity contribution is 6.19. The van der Waals surface area contributed by atoms with Crippen LogP contribution in [0.25, 0.3) is 0 Å². The molecule has 31 heavy (non-hydrogen) atoms. The second kappa shape index (κ2) is 12.7. The van der Waals surface area contributed by atoms with Crippen LogP contribution in [0.1, 0.15) is 86.5 Å². The Hall–Kier alpha value is -2.04. The van der Waals surface area contributed by atoms with Gasteiger partial charge < -0.3 is 10.2 Å². The Bertz CT molecular complexity index is 798. The van der Waals surface area contributed by atoms with Crippen LogP contribution in [-0.2, 0) is 9.59 Å². The number of aliphatic hydroxyl groups excluding tert-OH is 1. The Kier molecular flexibility index (Phi) is 11.1. The number of carbonyl (C=O) groups excluding carboxylic acids is 2. The van der Waals surface area contributed by atoms with E-state index in [2.05, 4.69) is 32.9 Å². The van der Waals surface area contributed by atoms with Gasteiger partial charge in [0.25, 0.3) is 0 Å². The number of carbonyl (C=O) groups is 2. The fourth-order valence-corrected chi connectivity index (χ4v) is 3.26. The number of hydrogen-bond donors (Lipinski definition) is 2. The molecule has 0 saturated heterocycles. The Morgan fingerprint density at radius 1 is 0.903 bits per heavy atom. The molecule has 1 aliphatic rings. The fraction of sp³-hybridized carbons (Fsp3) is 0.556. The zero-order chi connectivity index (χ0) is 23.6. The number of rotatable bonds is 12. The summed E-state index contributed by atoms with van der Waals surface area (Å²) < 4.78 is 0. The van der Waals surface area contributed by atoms with Crippen molar-refractivity contribution in [2.24, 2.45) is 0 Å². The summed E-state index contributed by atoms with van der Waals surface area (Å²) >= 11 is 0. The van der Waals surface area contributed by atoms with Crippen LogP contribution in [0.3, 0.4) is 0 Å². The summed E-state index contributed by atoms with van der Waals surface area (Å²) in [6.07, 6.45) is 14.4. The third-order valence-corrected chi connectivity index (χ3v) is 5.72. The molecule has 4 nitrogen and oxygen atoms in total. The zero-order valence-corrected chi connectivity index (χ0v) is 20.1. The molecule has 0 heterocycles. The van der Waals surface area contributed by atoms with Gasteiger partial charge in [0.1, 0.15) is 0 Å². The molecular weight excluding hydrogens is 388 g/mol. The summed E-state index contributed by atoms with van der Waals surface area (Å²) in [6, 6.07) is 0. The van der Waals surface area contributed by atoms with Crippen LogP contribution in [0.5, 0.6) is 0 Å². The van der Waals surface area contributed by atoms with E-state index in [-0.39, 0.29) is 11.6 Å². The smallest absolute Gasteiger partial charge is 0.182 e. The average Bonchev–Trinajstić information content (AvgIpc) is 2.67. The zero-order valence-electron chi connectivity index (χ0n) is 20.1. The van der Waals surface area contributed by atoms with Gasteiger partial charge in [-0.1, -0.05) is 34.9 Å². The number of hydrogen-bond acceptors (Lipinski definition) is 4. The van der Waals surface area contributed by atoms with Crippen LogP contribution in [0.4, 0.5) is 0 Å². The van der Waals surface area contributed by atoms with Gasteiger partial charge in [0.15, 0.2) is 11.6 Å². The first-order valence-corrected chi connectivity index (χ1v) is 11.2. The lowest BCUT2D eigenvalue weighted by molar-refractivity contribution is -0.115. The van der Waals surface area contributed by atoms with Gasteiger partial charge in [-0.25, -0.2) is 0 Å². The molecule has 0 aliphatic heterocycles. The van der Waals surface area contributed by atoms with Crippen molar-refractivity contribution in [3.63, 3.8) is 0 Å². The molecule has 0 amide bonds. The summed E-state index contributed by atoms with van der Waals surface area (Å²) in [6.45, 7) is 11.2. The first-order valence-electron chi connectivity index (χ1n) is 11.2. The fourth-order valence-electron chi connectivity index (χ4n) is 3.26. The summed E-state index contributed by atoms with van der Waals surface area (Å²) in [4.78, 5) is 23.7. The highest BCUT2D eigenvalue weighted by Gasteiger charge is 2.23. The lowest BCUT2D eigenvalue weighted by Crippen LogP contribution is -2.35. The van der Waals surface area contributed by atoms with Gasteiger partial charge in [-0.3, -0.25) is 9.59 Å². The number of allylic oxidation sites excluding steroid dienone is 10. The molecule has 0 spiro atoms. The van der Waals surface area contributed by atoms with Crippen LogP contribution in [0.15, 0.2) is 58.2 Å². The monoisotopic (exact) mass is 428 g/mol. The molecule has 2 N–H and O–H groups in total. The van der Waals surface area contributed by atoms with Crippen molar-refractivity contribution in [1.29, 1.82) is 0 Å². The molecule has 0 fully saturated rings. The lowest BCUT2D eigenvalue weighted by atomic mass is 9.95. The van der Waals surface area contributed by atoms with Crippen LogP contribution in [-0.4, -0.2) is 33.5 Å². The molecule has 1 atom stereocenters. The van der Waals surface area contributed by atoms with Crippen molar-refractivity contribution < 1.29 is 19.8 Å². The van der Waals surface area contributed by atoms with Crippen LogP contribution in [0.2, 0.25) is 0 Å². The predicted molar refractivity (Wildman–Crippen MR) is 128 cm³/mol. The van der Waals surface area contributed by atoms with E-state index in [4.69, 9.17) is 0 Å². The van der Waals surface area contributed by atoms with Crippen molar-refractivity contribution in [2.45, 2.75) is 98.2 Å². The molecule has 172 valence electrons. The summed E-state index contributed by atoms with van der Waals surface area (Å²) in [5.74, 6) is -0.133. The van der Waals surface area contributed by atoms with Gasteiger partial charge in [-0.05, 0) is 98.6 Å². The second-order valence-corrected chi connectivity index (χ2v) is 9.37. The number of aliphatic hydroxyl groups is 2. The molecular formula is C27H40O4. The topological polar surface area (TPSA) is 74.6 Å². The quantitative estimate of drug-likeness (QED) is 0.308. The minimum absolute atomic E-state index is 0.0604. The Morgan fingerprint density at radius 3 is 1.97 bits per heavy atom. The maximum atomic E-state index is 12.0. The van der Waals surface area contributed by atoms with Gasteiger partial charge in [0, 0.05) is 11.1 Å². The molecule has 1 aliphatic carbocycles. The molecule has 0 aromatic carbocycles. The largest absolute Gasteiger partial charge is 0.390 e. The van der Waals surface area contributed by atoms with Gasteiger partial charge in [-0.15, -0.1) is 0 Å². The maximum absolute atomic E-state index is 12.0. The van der Waals surface area contributed by atoms with E-state index >= 15 is 0 Å². The van der Waals surface area contributed by atoms with Gasteiger partial charge >= 0.3 is 0 Å². The molecule has 0 radical (unpaired) electrons. The molecule has 0 saturated carbocycles. The highest BCUT2D eigenvalue weighted by Crippen LogP contribution is 2.19. The van der Waals surface area contributed by atoms with E-state index in [1.165, 1.54) is 28.9 Å². The lowest BCUT2D eigenvalue weighted by Gasteiger charge is -2.24. The molecule has 0 aromatic rings. The molecule has 0 bridgehead atoms. The van der Waals surface area contributed by atoms with Crippen molar-refractivity contribution in [2.75, 3.05) is 0 Å². The minimum Gasteiger partial charge on any atom is -0.390 e. The normalized spacial score (nSPS) is 17.6. The summed E-state index contributed by atoms with van der Waals surface area (Å²) in [5.41, 5.74) is 3.83. The Morgan fingerprint density at radius 2 is 1.42 bits per heavy atom. The van der Waals surface area contributed by atoms with Crippen LogP contribution in [0, 0.1) is 0 Å². The van der Waals surface area contributed by atoms with E-state index in [1.54, 1.807) is 20.8 Å². The molecule has 1 rings (SSSR count). The van der Waals surface area contributed by atoms with E-state index in [0.717, 1.165) is 32.1 Å². The Labute approximate surface area is 188 Å². The van der Waals surface area contributed by atoms with E-state index in [9.17, 15) is 19.8 Å². The van der Waals surface area contributed by atoms with Crippen molar-refractivity contribution in [3.8, 4) is 0 Å². The highest BCUT2D eigenvalue weighted by atomic mass is 16.3. The minimum atomic E-state index is -1.05. The molecule has 0 unspecified atom stereocenters. The number of ketones is 2. The van der Waals surface area contributed by atoms with Crippen molar-refractivity contribution >= 4 is 11.6 Å². The van der Waals surface area contributed by atoms with Gasteiger partial charge in [0.2, 0.25) is 0 Å². The first-order chi connectivity index (χ1) is 14.4. The Balaban J connectivity index is 2.36. The third kappa shape index (κ3) is 10.7. The van der Waals surface area contributed by atoms with Gasteiger partial charge in [-0.2, -0.15) is 0 Å². The second-order valence-electron chi connectivity index (χ2n) is 9.37. The summed E-state index contributed by atoms with van der Waals surface area (Å²) in [5, 5.41) is 19.7. The van der Waals surface area contributed by atoms with Gasteiger partial charge in [0.05, 0.1) is 11.7 Å².